The van der Waals surface area contributed by atoms with Gasteiger partial charge in [0.1, 0.15) is 12.4 Å². The van der Waals surface area contributed by atoms with Gasteiger partial charge in [-0.3, -0.25) is 0 Å². The van der Waals surface area contributed by atoms with Gasteiger partial charge in [0.25, 0.3) is 0 Å². The fourth-order valence-electron chi connectivity index (χ4n) is 1.92. The number of benzene rings is 2. The summed E-state index contributed by atoms with van der Waals surface area (Å²) in [4.78, 5) is 0. The Morgan fingerprint density at radius 2 is 1.90 bits per heavy atom. The maximum Gasteiger partial charge on any atom is 0.138 e. The van der Waals surface area contributed by atoms with E-state index in [1.54, 1.807) is 0 Å². The Labute approximate surface area is 128 Å². The highest BCUT2D eigenvalue weighted by molar-refractivity contribution is 9.10. The van der Waals surface area contributed by atoms with E-state index in [2.05, 4.69) is 45.5 Å². The fourth-order valence-corrected chi connectivity index (χ4v) is 2.45. The number of rotatable bonds is 6. The van der Waals surface area contributed by atoms with Crippen molar-refractivity contribution < 1.29 is 4.74 Å². The number of halogens is 1. The second-order valence-corrected chi connectivity index (χ2v) is 5.24. The number of hydrogen-bond donors (Lipinski definition) is 1. The van der Waals surface area contributed by atoms with Gasteiger partial charge in [-0.05, 0) is 40.7 Å². The lowest BCUT2D eigenvalue weighted by atomic mass is 10.2. The summed E-state index contributed by atoms with van der Waals surface area (Å²) in [6.45, 7) is 1.34. The van der Waals surface area contributed by atoms with E-state index in [1.165, 1.54) is 5.56 Å². The molecule has 0 atom stereocenters. The zero-order chi connectivity index (χ0) is 14.2. The highest BCUT2D eigenvalue weighted by Gasteiger charge is 2.06. The molecule has 2 aromatic carbocycles. The lowest BCUT2D eigenvalue weighted by molar-refractivity contribution is 0.356. The third-order valence-electron chi connectivity index (χ3n) is 2.85. The summed E-state index contributed by atoms with van der Waals surface area (Å²) in [7, 11) is 1.93. The van der Waals surface area contributed by atoms with Gasteiger partial charge < -0.3 is 10.1 Å². The first kappa shape index (κ1) is 14.8. The van der Waals surface area contributed by atoms with Crippen LogP contribution in [0, 0.1) is 0 Å². The SMILES string of the molecule is CNCc1cccc(Br)c1OCC=Cc1ccccc1. The fraction of sp³-hybridized carbons (Fsp3) is 0.176. The van der Waals surface area contributed by atoms with Crippen LogP contribution in [0.4, 0.5) is 0 Å². The van der Waals surface area contributed by atoms with Gasteiger partial charge in [0, 0.05) is 12.1 Å². The standard InChI is InChI=1S/C17H18BrNO/c1-19-13-15-10-5-11-16(18)17(15)20-12-6-9-14-7-3-2-4-8-14/h2-11,19H,12-13H2,1H3. The van der Waals surface area contributed by atoms with Crippen molar-refractivity contribution in [3.8, 4) is 5.75 Å². The van der Waals surface area contributed by atoms with Gasteiger partial charge in [-0.15, -0.1) is 0 Å². The largest absolute Gasteiger partial charge is 0.488 e. The summed E-state index contributed by atoms with van der Waals surface area (Å²) in [5, 5.41) is 3.15. The number of ether oxygens (including phenoxy) is 1. The van der Waals surface area contributed by atoms with Crippen LogP contribution in [0.5, 0.6) is 5.75 Å². The molecule has 0 radical (unpaired) electrons. The van der Waals surface area contributed by atoms with E-state index >= 15 is 0 Å². The second-order valence-electron chi connectivity index (χ2n) is 4.38. The van der Waals surface area contributed by atoms with Crippen LogP contribution in [0.3, 0.4) is 0 Å². The van der Waals surface area contributed by atoms with Crippen molar-refractivity contribution in [1.82, 2.24) is 5.32 Å². The van der Waals surface area contributed by atoms with Crippen LogP contribution < -0.4 is 10.1 Å². The highest BCUT2D eigenvalue weighted by Crippen LogP contribution is 2.29. The van der Waals surface area contributed by atoms with Crippen molar-refractivity contribution >= 4 is 22.0 Å². The van der Waals surface area contributed by atoms with Crippen molar-refractivity contribution in [3.63, 3.8) is 0 Å². The van der Waals surface area contributed by atoms with Crippen molar-refractivity contribution in [2.75, 3.05) is 13.7 Å². The molecule has 2 aromatic rings. The van der Waals surface area contributed by atoms with Gasteiger partial charge in [0.2, 0.25) is 0 Å². The molecule has 3 heteroatoms. The molecule has 0 fully saturated rings. The summed E-state index contributed by atoms with van der Waals surface area (Å²) in [5.41, 5.74) is 2.33. The minimum Gasteiger partial charge on any atom is -0.488 e. The van der Waals surface area contributed by atoms with E-state index in [-0.39, 0.29) is 0 Å². The first-order valence-corrected chi connectivity index (χ1v) is 7.37. The van der Waals surface area contributed by atoms with E-state index in [9.17, 15) is 0 Å². The van der Waals surface area contributed by atoms with Crippen LogP contribution in [-0.2, 0) is 6.54 Å². The third-order valence-corrected chi connectivity index (χ3v) is 3.47. The highest BCUT2D eigenvalue weighted by atomic mass is 79.9. The zero-order valence-corrected chi connectivity index (χ0v) is 13.1. The van der Waals surface area contributed by atoms with Crippen LogP contribution in [0.1, 0.15) is 11.1 Å². The summed E-state index contributed by atoms with van der Waals surface area (Å²) < 4.78 is 6.85. The van der Waals surface area contributed by atoms with E-state index in [1.807, 2.05) is 43.5 Å². The average Bonchev–Trinajstić information content (AvgIpc) is 2.47. The summed E-state index contributed by atoms with van der Waals surface area (Å²) in [6, 6.07) is 16.3. The molecule has 0 bridgehead atoms. The molecule has 2 nitrogen and oxygen atoms in total. The summed E-state index contributed by atoms with van der Waals surface area (Å²) in [6.07, 6.45) is 4.09. The lowest BCUT2D eigenvalue weighted by Crippen LogP contribution is -2.08. The Kier molecular flexibility index (Phi) is 5.84. The topological polar surface area (TPSA) is 21.3 Å². The summed E-state index contributed by atoms with van der Waals surface area (Å²) >= 11 is 3.54. The second kappa shape index (κ2) is 7.88. The molecule has 0 aliphatic rings. The summed E-state index contributed by atoms with van der Waals surface area (Å²) in [5.74, 6) is 0.902. The molecule has 104 valence electrons. The zero-order valence-electron chi connectivity index (χ0n) is 11.5. The number of hydrogen-bond acceptors (Lipinski definition) is 2. The van der Waals surface area contributed by atoms with Gasteiger partial charge in [-0.2, -0.15) is 0 Å². The van der Waals surface area contributed by atoms with Gasteiger partial charge in [0.05, 0.1) is 4.47 Å². The van der Waals surface area contributed by atoms with E-state index in [4.69, 9.17) is 4.74 Å². The molecule has 0 amide bonds. The Hall–Kier alpha value is -1.58. The smallest absolute Gasteiger partial charge is 0.138 e. The van der Waals surface area contributed by atoms with Crippen molar-refractivity contribution in [2.24, 2.45) is 0 Å². The van der Waals surface area contributed by atoms with Gasteiger partial charge in [-0.1, -0.05) is 48.5 Å². The monoisotopic (exact) mass is 331 g/mol. The van der Waals surface area contributed by atoms with E-state index in [0.29, 0.717) is 6.61 Å². The molecule has 0 saturated carbocycles. The lowest BCUT2D eigenvalue weighted by Gasteiger charge is -2.11. The predicted molar refractivity (Wildman–Crippen MR) is 87.9 cm³/mol. The van der Waals surface area contributed by atoms with E-state index < -0.39 is 0 Å². The molecule has 2 rings (SSSR count). The van der Waals surface area contributed by atoms with Crippen LogP contribution in [0.25, 0.3) is 6.08 Å². The molecule has 0 saturated heterocycles. The molecule has 0 aromatic heterocycles. The number of nitrogens with one attached hydrogen (secondary N) is 1. The molecule has 0 heterocycles. The first-order chi connectivity index (χ1) is 9.81. The van der Waals surface area contributed by atoms with Crippen LogP contribution in [0.15, 0.2) is 59.1 Å². The Morgan fingerprint density at radius 1 is 1.10 bits per heavy atom. The molecule has 0 aliphatic heterocycles. The molecule has 20 heavy (non-hydrogen) atoms. The molecule has 0 spiro atoms. The molecular weight excluding hydrogens is 314 g/mol. The minimum absolute atomic E-state index is 0.550. The minimum atomic E-state index is 0.550. The van der Waals surface area contributed by atoms with Crippen LogP contribution in [-0.4, -0.2) is 13.7 Å². The third kappa shape index (κ3) is 4.22. The predicted octanol–water partition coefficient (Wildman–Crippen LogP) is 4.26. The van der Waals surface area contributed by atoms with Gasteiger partial charge in [-0.25, -0.2) is 0 Å². The molecule has 1 N–H and O–H groups in total. The molecule has 0 aliphatic carbocycles. The Morgan fingerprint density at radius 3 is 2.65 bits per heavy atom. The van der Waals surface area contributed by atoms with Gasteiger partial charge in [0.15, 0.2) is 0 Å². The first-order valence-electron chi connectivity index (χ1n) is 6.57. The average molecular weight is 332 g/mol. The Balaban J connectivity index is 1.99. The molecule has 0 unspecified atom stereocenters. The van der Waals surface area contributed by atoms with Crippen molar-refractivity contribution in [2.45, 2.75) is 6.54 Å². The van der Waals surface area contributed by atoms with Crippen molar-refractivity contribution in [3.05, 3.63) is 70.2 Å². The van der Waals surface area contributed by atoms with Crippen LogP contribution >= 0.6 is 15.9 Å². The van der Waals surface area contributed by atoms with E-state index in [0.717, 1.165) is 22.3 Å². The quantitative estimate of drug-likeness (QED) is 0.853. The van der Waals surface area contributed by atoms with Crippen LogP contribution in [0.2, 0.25) is 0 Å². The van der Waals surface area contributed by atoms with Gasteiger partial charge >= 0.3 is 0 Å². The Bertz CT molecular complexity index is 566. The van der Waals surface area contributed by atoms with Crippen molar-refractivity contribution in [1.29, 1.82) is 0 Å². The number of para-hydroxylation sites is 1. The molecular formula is C17H18BrNO. The maximum absolute atomic E-state index is 5.87. The normalized spacial score (nSPS) is 10.9. The maximum atomic E-state index is 5.87.